The van der Waals surface area contributed by atoms with Crippen molar-refractivity contribution >= 4 is 29.2 Å². The Balaban J connectivity index is 1.51. The molecule has 1 heterocycles. The zero-order valence-corrected chi connectivity index (χ0v) is 13.3. The quantitative estimate of drug-likeness (QED) is 0.861. The average molecular weight is 348 g/mol. The van der Waals surface area contributed by atoms with Gasteiger partial charge in [-0.05, 0) is 24.3 Å². The Labute approximate surface area is 143 Å². The van der Waals surface area contributed by atoms with Gasteiger partial charge in [-0.2, -0.15) is 0 Å². The summed E-state index contributed by atoms with van der Waals surface area (Å²) in [6, 6.07) is 13.8. The Morgan fingerprint density at radius 3 is 2.62 bits per heavy atom. The Kier molecular flexibility index (Phi) is 4.86. The molecule has 0 fully saturated rings. The summed E-state index contributed by atoms with van der Waals surface area (Å²) in [5.41, 5.74) is 0.450. The van der Waals surface area contributed by atoms with E-state index in [-0.39, 0.29) is 6.61 Å². The van der Waals surface area contributed by atoms with Gasteiger partial charge in [0.05, 0.1) is 10.7 Å². The molecule has 0 aromatic heterocycles. The zero-order chi connectivity index (χ0) is 16.9. The molecule has 6 nitrogen and oxygen atoms in total. The van der Waals surface area contributed by atoms with E-state index in [4.69, 9.17) is 25.8 Å². The lowest BCUT2D eigenvalue weighted by Crippen LogP contribution is -2.39. The van der Waals surface area contributed by atoms with Gasteiger partial charge in [0, 0.05) is 0 Å². The van der Waals surface area contributed by atoms with Crippen LogP contribution < -0.4 is 14.8 Å². The third kappa shape index (κ3) is 3.78. The maximum atomic E-state index is 12.0. The fourth-order valence-corrected chi connectivity index (χ4v) is 2.30. The summed E-state index contributed by atoms with van der Waals surface area (Å²) in [7, 11) is 0. The van der Waals surface area contributed by atoms with Gasteiger partial charge in [0.2, 0.25) is 6.10 Å². The number of amides is 1. The second-order valence-corrected chi connectivity index (χ2v) is 5.41. The molecule has 3 rings (SSSR count). The number of nitrogens with one attached hydrogen (secondary N) is 1. The average Bonchev–Trinajstić information content (AvgIpc) is 2.61. The van der Waals surface area contributed by atoms with Gasteiger partial charge in [-0.15, -0.1) is 0 Å². The molecule has 0 bridgehead atoms. The van der Waals surface area contributed by atoms with Crippen LogP contribution >= 0.6 is 11.6 Å². The molecule has 1 unspecified atom stereocenters. The molecule has 1 atom stereocenters. The number of anilines is 1. The van der Waals surface area contributed by atoms with Gasteiger partial charge in [0.25, 0.3) is 5.91 Å². The summed E-state index contributed by atoms with van der Waals surface area (Å²) in [4.78, 5) is 23.8. The van der Waals surface area contributed by atoms with Crippen LogP contribution in [0.15, 0.2) is 48.5 Å². The lowest BCUT2D eigenvalue weighted by Gasteiger charge is -2.24. The van der Waals surface area contributed by atoms with Crippen molar-refractivity contribution in [2.45, 2.75) is 6.10 Å². The molecule has 2 aromatic rings. The van der Waals surface area contributed by atoms with Crippen LogP contribution in [0.1, 0.15) is 0 Å². The Bertz CT molecular complexity index is 764. The molecule has 1 amide bonds. The molecule has 1 aliphatic rings. The topological polar surface area (TPSA) is 73.9 Å². The molecular weight excluding hydrogens is 334 g/mol. The van der Waals surface area contributed by atoms with E-state index in [1.54, 1.807) is 48.5 Å². The first-order valence-electron chi connectivity index (χ1n) is 7.23. The van der Waals surface area contributed by atoms with Gasteiger partial charge < -0.3 is 19.5 Å². The normalized spacial score (nSPS) is 15.5. The Hall–Kier alpha value is -2.73. The van der Waals surface area contributed by atoms with Gasteiger partial charge in [-0.25, -0.2) is 4.79 Å². The number of ether oxygens (including phenoxy) is 3. The van der Waals surface area contributed by atoms with Crippen LogP contribution in [0.4, 0.5) is 5.69 Å². The van der Waals surface area contributed by atoms with E-state index in [0.29, 0.717) is 22.2 Å². The molecule has 7 heteroatoms. The van der Waals surface area contributed by atoms with E-state index in [1.165, 1.54) is 0 Å². The standard InChI is InChI=1S/C17H14ClNO5/c18-11-5-1-2-6-12(11)19-16(20)10-23-17(21)15-9-22-13-7-3-4-8-14(13)24-15/h1-8,15H,9-10H2,(H,19,20). The molecule has 0 saturated carbocycles. The summed E-state index contributed by atoms with van der Waals surface area (Å²) in [6.07, 6.45) is -0.909. The molecule has 0 spiro atoms. The highest BCUT2D eigenvalue weighted by atomic mass is 35.5. The number of carbonyl (C=O) groups excluding carboxylic acids is 2. The van der Waals surface area contributed by atoms with E-state index >= 15 is 0 Å². The Morgan fingerprint density at radius 1 is 1.12 bits per heavy atom. The molecule has 1 N–H and O–H groups in total. The van der Waals surface area contributed by atoms with E-state index < -0.39 is 24.6 Å². The summed E-state index contributed by atoms with van der Waals surface area (Å²) in [5, 5.41) is 2.96. The molecule has 0 aliphatic carbocycles. The van der Waals surface area contributed by atoms with Gasteiger partial charge in [0.15, 0.2) is 18.1 Å². The van der Waals surface area contributed by atoms with Crippen molar-refractivity contribution in [3.8, 4) is 11.5 Å². The maximum Gasteiger partial charge on any atom is 0.351 e. The fraction of sp³-hybridized carbons (Fsp3) is 0.176. The molecule has 2 aromatic carbocycles. The van der Waals surface area contributed by atoms with E-state index in [2.05, 4.69) is 5.32 Å². The van der Waals surface area contributed by atoms with Crippen LogP contribution in [0.3, 0.4) is 0 Å². The number of hydrogen-bond donors (Lipinski definition) is 1. The van der Waals surface area contributed by atoms with Crippen LogP contribution in [0.5, 0.6) is 11.5 Å². The summed E-state index contributed by atoms with van der Waals surface area (Å²) >= 11 is 5.94. The van der Waals surface area contributed by atoms with Crippen molar-refractivity contribution in [1.82, 2.24) is 0 Å². The number of carbonyl (C=O) groups is 2. The van der Waals surface area contributed by atoms with Crippen LogP contribution in [0.25, 0.3) is 0 Å². The molecule has 0 radical (unpaired) electrons. The second-order valence-electron chi connectivity index (χ2n) is 5.00. The van der Waals surface area contributed by atoms with Crippen molar-refractivity contribution in [2.24, 2.45) is 0 Å². The minimum atomic E-state index is -0.909. The highest BCUT2D eigenvalue weighted by Gasteiger charge is 2.29. The molecule has 1 aliphatic heterocycles. The van der Waals surface area contributed by atoms with E-state index in [9.17, 15) is 9.59 Å². The predicted molar refractivity (Wildman–Crippen MR) is 87.4 cm³/mol. The van der Waals surface area contributed by atoms with Crippen LogP contribution in [0.2, 0.25) is 5.02 Å². The zero-order valence-electron chi connectivity index (χ0n) is 12.5. The summed E-state index contributed by atoms with van der Waals surface area (Å²) in [5.74, 6) is -0.128. The SMILES string of the molecule is O=C(COC(=O)C1COc2ccccc2O1)Nc1ccccc1Cl. The van der Waals surface area contributed by atoms with Crippen LogP contribution in [-0.2, 0) is 14.3 Å². The third-order valence-corrected chi connectivity index (χ3v) is 3.59. The third-order valence-electron chi connectivity index (χ3n) is 3.26. The largest absolute Gasteiger partial charge is 0.485 e. The van der Waals surface area contributed by atoms with Gasteiger partial charge in [-0.1, -0.05) is 35.9 Å². The molecule has 124 valence electrons. The lowest BCUT2D eigenvalue weighted by atomic mass is 10.2. The van der Waals surface area contributed by atoms with Crippen molar-refractivity contribution in [3.05, 3.63) is 53.6 Å². The number of fused-ring (bicyclic) bond motifs is 1. The van der Waals surface area contributed by atoms with E-state index in [1.807, 2.05) is 0 Å². The van der Waals surface area contributed by atoms with Gasteiger partial charge in [0.1, 0.15) is 6.61 Å². The highest BCUT2D eigenvalue weighted by Crippen LogP contribution is 2.31. The first kappa shape index (κ1) is 16.1. The molecule has 0 saturated heterocycles. The smallest absolute Gasteiger partial charge is 0.351 e. The van der Waals surface area contributed by atoms with Crippen molar-refractivity contribution in [1.29, 1.82) is 0 Å². The number of hydrogen-bond acceptors (Lipinski definition) is 5. The van der Waals surface area contributed by atoms with Gasteiger partial charge >= 0.3 is 5.97 Å². The fourth-order valence-electron chi connectivity index (χ4n) is 2.11. The van der Waals surface area contributed by atoms with Crippen LogP contribution in [-0.4, -0.2) is 31.2 Å². The minimum Gasteiger partial charge on any atom is -0.485 e. The van der Waals surface area contributed by atoms with Crippen molar-refractivity contribution in [2.75, 3.05) is 18.5 Å². The second kappa shape index (κ2) is 7.23. The number of esters is 1. The first-order chi connectivity index (χ1) is 11.6. The first-order valence-corrected chi connectivity index (χ1v) is 7.61. The monoisotopic (exact) mass is 347 g/mol. The minimum absolute atomic E-state index is 0.0297. The van der Waals surface area contributed by atoms with Gasteiger partial charge in [-0.3, -0.25) is 4.79 Å². The summed E-state index contributed by atoms with van der Waals surface area (Å²) < 4.78 is 15.9. The number of para-hydroxylation sites is 3. The van der Waals surface area contributed by atoms with Crippen molar-refractivity contribution < 1.29 is 23.8 Å². The number of rotatable bonds is 4. The highest BCUT2D eigenvalue weighted by molar-refractivity contribution is 6.33. The lowest BCUT2D eigenvalue weighted by molar-refractivity contribution is -0.156. The predicted octanol–water partition coefficient (Wildman–Crippen LogP) is 2.66. The molecule has 24 heavy (non-hydrogen) atoms. The van der Waals surface area contributed by atoms with E-state index in [0.717, 1.165) is 0 Å². The van der Waals surface area contributed by atoms with Crippen molar-refractivity contribution in [3.63, 3.8) is 0 Å². The Morgan fingerprint density at radius 2 is 1.83 bits per heavy atom. The summed E-state index contributed by atoms with van der Waals surface area (Å²) in [6.45, 7) is -0.409. The molecular formula is C17H14ClNO5. The number of halogens is 1. The van der Waals surface area contributed by atoms with Crippen LogP contribution in [0, 0.1) is 0 Å². The number of benzene rings is 2. The maximum absolute atomic E-state index is 12.0.